The van der Waals surface area contributed by atoms with E-state index in [9.17, 15) is 9.90 Å². The zero-order valence-corrected chi connectivity index (χ0v) is 10.6. The minimum Gasteiger partial charge on any atom is -0.504 e. The van der Waals surface area contributed by atoms with E-state index >= 15 is 0 Å². The van der Waals surface area contributed by atoms with Crippen LogP contribution in [0.3, 0.4) is 0 Å². The highest BCUT2D eigenvalue weighted by molar-refractivity contribution is 5.98. The number of phenols is 1. The van der Waals surface area contributed by atoms with Gasteiger partial charge >= 0.3 is 0 Å². The molecule has 1 aliphatic heterocycles. The van der Waals surface area contributed by atoms with Crippen molar-refractivity contribution in [3.63, 3.8) is 0 Å². The van der Waals surface area contributed by atoms with Crippen LogP contribution in [0.4, 0.5) is 0 Å². The predicted octanol–water partition coefficient (Wildman–Crippen LogP) is 0.883. The number of benzene rings is 1. The van der Waals surface area contributed by atoms with Crippen LogP contribution in [0, 0.1) is 0 Å². The summed E-state index contributed by atoms with van der Waals surface area (Å²) < 4.78 is 4.99. The Kier molecular flexibility index (Phi) is 3.43. The van der Waals surface area contributed by atoms with Gasteiger partial charge in [0.2, 0.25) is 0 Å². The highest BCUT2D eigenvalue weighted by Gasteiger charge is 2.31. The smallest absolute Gasteiger partial charge is 0.255 e. The van der Waals surface area contributed by atoms with Gasteiger partial charge in [0.1, 0.15) is 0 Å². The van der Waals surface area contributed by atoms with Crippen LogP contribution in [0.5, 0.6) is 11.5 Å². The van der Waals surface area contributed by atoms with Crippen LogP contribution in [0.15, 0.2) is 18.2 Å². The normalized spacial score (nSPS) is 22.8. The molecule has 2 rings (SSSR count). The Morgan fingerprint density at radius 2 is 2.33 bits per heavy atom. The maximum absolute atomic E-state index is 12.1. The van der Waals surface area contributed by atoms with E-state index in [0.717, 1.165) is 19.5 Å². The van der Waals surface area contributed by atoms with Crippen LogP contribution in [0.1, 0.15) is 23.7 Å². The summed E-state index contributed by atoms with van der Waals surface area (Å²) in [5.41, 5.74) is -0.0189. The number of para-hydroxylation sites is 1. The molecule has 1 atom stereocenters. The van der Waals surface area contributed by atoms with E-state index in [4.69, 9.17) is 4.74 Å². The lowest BCUT2D eigenvalue weighted by Crippen LogP contribution is -2.47. The van der Waals surface area contributed by atoms with Crippen molar-refractivity contribution < 1.29 is 14.6 Å². The molecule has 1 heterocycles. The molecule has 98 valence electrons. The second-order valence-corrected chi connectivity index (χ2v) is 4.80. The molecule has 0 bridgehead atoms. The van der Waals surface area contributed by atoms with Crippen molar-refractivity contribution in [2.45, 2.75) is 18.9 Å². The molecule has 18 heavy (non-hydrogen) atoms. The van der Waals surface area contributed by atoms with Crippen molar-refractivity contribution in [1.82, 2.24) is 10.6 Å². The summed E-state index contributed by atoms with van der Waals surface area (Å²) in [5, 5.41) is 16.1. The Morgan fingerprint density at radius 1 is 1.56 bits per heavy atom. The second-order valence-electron chi connectivity index (χ2n) is 4.80. The Bertz CT molecular complexity index is 454. The molecule has 1 saturated heterocycles. The highest BCUT2D eigenvalue weighted by atomic mass is 16.5. The van der Waals surface area contributed by atoms with Gasteiger partial charge in [0.15, 0.2) is 11.5 Å². The lowest BCUT2D eigenvalue weighted by atomic mass is 10.0. The van der Waals surface area contributed by atoms with Gasteiger partial charge in [-0.1, -0.05) is 6.07 Å². The first kappa shape index (κ1) is 12.7. The molecule has 1 aromatic carbocycles. The number of ether oxygens (including phenoxy) is 1. The molecule has 0 spiro atoms. The third-order valence-electron chi connectivity index (χ3n) is 3.25. The highest BCUT2D eigenvalue weighted by Crippen LogP contribution is 2.29. The van der Waals surface area contributed by atoms with Gasteiger partial charge < -0.3 is 20.5 Å². The van der Waals surface area contributed by atoms with E-state index < -0.39 is 0 Å². The van der Waals surface area contributed by atoms with E-state index in [1.807, 2.05) is 6.92 Å². The fourth-order valence-electron chi connectivity index (χ4n) is 2.14. The number of carbonyl (C=O) groups excluding carboxylic acids is 1. The molecule has 1 amide bonds. The molecule has 0 saturated carbocycles. The van der Waals surface area contributed by atoms with E-state index in [2.05, 4.69) is 10.6 Å². The molecule has 1 aliphatic rings. The van der Waals surface area contributed by atoms with E-state index in [-0.39, 0.29) is 22.8 Å². The van der Waals surface area contributed by atoms with Crippen molar-refractivity contribution in [2.75, 3.05) is 20.2 Å². The zero-order valence-electron chi connectivity index (χ0n) is 10.6. The number of carbonyl (C=O) groups is 1. The van der Waals surface area contributed by atoms with Gasteiger partial charge in [-0.05, 0) is 32.0 Å². The van der Waals surface area contributed by atoms with Crippen LogP contribution >= 0.6 is 0 Å². The summed E-state index contributed by atoms with van der Waals surface area (Å²) in [6, 6.07) is 4.88. The number of amides is 1. The van der Waals surface area contributed by atoms with Crippen molar-refractivity contribution >= 4 is 5.91 Å². The quantitative estimate of drug-likeness (QED) is 0.745. The maximum Gasteiger partial charge on any atom is 0.255 e. The van der Waals surface area contributed by atoms with Crippen molar-refractivity contribution in [1.29, 1.82) is 0 Å². The number of rotatable bonds is 3. The molecule has 1 aromatic rings. The number of methoxy groups -OCH3 is 1. The molecule has 3 N–H and O–H groups in total. The molecular formula is C13H18N2O3. The number of hydrogen-bond donors (Lipinski definition) is 3. The molecule has 5 nitrogen and oxygen atoms in total. The minimum atomic E-state index is -0.280. The summed E-state index contributed by atoms with van der Waals surface area (Å²) in [7, 11) is 1.46. The van der Waals surface area contributed by atoms with Crippen LogP contribution in [-0.2, 0) is 0 Å². The van der Waals surface area contributed by atoms with Crippen molar-refractivity contribution in [2.24, 2.45) is 0 Å². The van der Waals surface area contributed by atoms with Crippen LogP contribution in [0.25, 0.3) is 0 Å². The molecule has 0 aromatic heterocycles. The number of hydrogen-bond acceptors (Lipinski definition) is 4. The Hall–Kier alpha value is -1.75. The molecular weight excluding hydrogens is 232 g/mol. The number of aromatic hydroxyl groups is 1. The minimum absolute atomic E-state index is 0.118. The van der Waals surface area contributed by atoms with Crippen LogP contribution in [0.2, 0.25) is 0 Å². The summed E-state index contributed by atoms with van der Waals surface area (Å²) in [6.07, 6.45) is 0.878. The first-order chi connectivity index (χ1) is 8.56. The molecule has 0 radical (unpaired) electrons. The zero-order chi connectivity index (χ0) is 13.2. The largest absolute Gasteiger partial charge is 0.504 e. The third-order valence-corrected chi connectivity index (χ3v) is 3.25. The average molecular weight is 250 g/mol. The standard InChI is InChI=1S/C13H18N2O3/c1-13(6-7-14-8-13)15-12(17)9-4-3-5-10(18-2)11(9)16/h3-5,14,16H,6-8H2,1-2H3,(H,15,17). The Morgan fingerprint density at radius 3 is 2.94 bits per heavy atom. The van der Waals surface area contributed by atoms with Gasteiger partial charge in [0.05, 0.1) is 18.2 Å². The summed E-state index contributed by atoms with van der Waals surface area (Å²) >= 11 is 0. The topological polar surface area (TPSA) is 70.6 Å². The maximum atomic E-state index is 12.1. The van der Waals surface area contributed by atoms with Gasteiger partial charge in [0, 0.05) is 6.54 Å². The fraction of sp³-hybridized carbons (Fsp3) is 0.462. The van der Waals surface area contributed by atoms with Gasteiger partial charge in [-0.2, -0.15) is 0 Å². The van der Waals surface area contributed by atoms with Gasteiger partial charge in [-0.15, -0.1) is 0 Å². The summed E-state index contributed by atoms with van der Waals surface area (Å²) in [6.45, 7) is 3.62. The first-order valence-corrected chi connectivity index (χ1v) is 5.95. The Balaban J connectivity index is 2.18. The fourth-order valence-corrected chi connectivity index (χ4v) is 2.14. The second kappa shape index (κ2) is 4.86. The molecule has 5 heteroatoms. The SMILES string of the molecule is COc1cccc(C(=O)NC2(C)CCNC2)c1O. The summed E-state index contributed by atoms with van der Waals surface area (Å²) in [4.78, 5) is 12.1. The van der Waals surface area contributed by atoms with Gasteiger partial charge in [-0.3, -0.25) is 4.79 Å². The van der Waals surface area contributed by atoms with Crippen molar-refractivity contribution in [3.05, 3.63) is 23.8 Å². The molecule has 0 aliphatic carbocycles. The lowest BCUT2D eigenvalue weighted by molar-refractivity contribution is 0.0909. The average Bonchev–Trinajstić information content (AvgIpc) is 2.76. The molecule has 1 unspecified atom stereocenters. The first-order valence-electron chi connectivity index (χ1n) is 5.95. The van der Waals surface area contributed by atoms with E-state index in [1.54, 1.807) is 18.2 Å². The van der Waals surface area contributed by atoms with Gasteiger partial charge in [0.25, 0.3) is 5.91 Å². The van der Waals surface area contributed by atoms with Gasteiger partial charge in [-0.25, -0.2) is 0 Å². The number of nitrogens with one attached hydrogen (secondary N) is 2. The summed E-state index contributed by atoms with van der Waals surface area (Å²) in [5.74, 6) is -0.0954. The van der Waals surface area contributed by atoms with Crippen LogP contribution in [-0.4, -0.2) is 36.8 Å². The van der Waals surface area contributed by atoms with Crippen LogP contribution < -0.4 is 15.4 Å². The predicted molar refractivity (Wildman–Crippen MR) is 68.0 cm³/mol. The molecule has 1 fully saturated rings. The Labute approximate surface area is 106 Å². The third kappa shape index (κ3) is 2.41. The van der Waals surface area contributed by atoms with E-state index in [0.29, 0.717) is 5.75 Å². The monoisotopic (exact) mass is 250 g/mol. The van der Waals surface area contributed by atoms with Crippen molar-refractivity contribution in [3.8, 4) is 11.5 Å². The lowest BCUT2D eigenvalue weighted by Gasteiger charge is -2.24. The number of phenolic OH excluding ortho intramolecular Hbond substituents is 1. The van der Waals surface area contributed by atoms with E-state index in [1.165, 1.54) is 7.11 Å².